The molecule has 5 rings (SSSR count). The summed E-state index contributed by atoms with van der Waals surface area (Å²) >= 11 is 18.8. The van der Waals surface area contributed by atoms with Gasteiger partial charge >= 0.3 is 0 Å². The number of allylic oxidation sites excluding steroid dienone is 4. The summed E-state index contributed by atoms with van der Waals surface area (Å²) in [7, 11) is 0. The maximum atomic E-state index is 13.1. The zero-order chi connectivity index (χ0) is 23.1. The van der Waals surface area contributed by atoms with Gasteiger partial charge in [-0.15, -0.1) is 0 Å². The standard InChI is InChI=1S/C26H22Cl3NO3/c27-15-9-10-23(33-13-14-7-8-16(28)12-18(14)29)17(11-15)24-25-19(3-1-5-21(25)31)30-20-4-2-6-22(32)26(20)24/h7-12,24,30H,1-6,13H2. The Balaban J connectivity index is 1.60. The van der Waals surface area contributed by atoms with E-state index in [0.29, 0.717) is 44.8 Å². The molecule has 4 nitrogen and oxygen atoms in total. The first-order valence-electron chi connectivity index (χ1n) is 11.1. The first-order chi connectivity index (χ1) is 15.9. The van der Waals surface area contributed by atoms with Gasteiger partial charge in [0, 0.05) is 67.5 Å². The second kappa shape index (κ2) is 9.17. The number of halogens is 3. The first-order valence-corrected chi connectivity index (χ1v) is 12.2. The predicted molar refractivity (Wildman–Crippen MR) is 130 cm³/mol. The number of dihydropyridines is 1. The zero-order valence-corrected chi connectivity index (χ0v) is 20.1. The highest BCUT2D eigenvalue weighted by Crippen LogP contribution is 2.48. The van der Waals surface area contributed by atoms with Crippen LogP contribution >= 0.6 is 34.8 Å². The van der Waals surface area contributed by atoms with Gasteiger partial charge in [0.1, 0.15) is 12.4 Å². The normalized spacial score (nSPS) is 18.8. The third-order valence-electron chi connectivity index (χ3n) is 6.47. The molecule has 1 aliphatic heterocycles. The van der Waals surface area contributed by atoms with Crippen molar-refractivity contribution in [2.45, 2.75) is 51.0 Å². The fourth-order valence-electron chi connectivity index (χ4n) is 4.96. The van der Waals surface area contributed by atoms with E-state index in [0.717, 1.165) is 48.2 Å². The predicted octanol–water partition coefficient (Wildman–Crippen LogP) is 6.93. The van der Waals surface area contributed by atoms with Crippen molar-refractivity contribution in [3.63, 3.8) is 0 Å². The van der Waals surface area contributed by atoms with E-state index in [9.17, 15) is 9.59 Å². The minimum Gasteiger partial charge on any atom is -0.489 e. The molecule has 1 heterocycles. The third-order valence-corrected chi connectivity index (χ3v) is 7.29. The second-order valence-electron chi connectivity index (χ2n) is 8.60. The maximum absolute atomic E-state index is 13.1. The van der Waals surface area contributed by atoms with E-state index < -0.39 is 5.92 Å². The number of nitrogens with one attached hydrogen (secondary N) is 1. The number of benzene rings is 2. The molecule has 7 heteroatoms. The molecule has 170 valence electrons. The number of rotatable bonds is 4. The average molecular weight is 503 g/mol. The molecule has 0 fully saturated rings. The summed E-state index contributed by atoms with van der Waals surface area (Å²) in [5.74, 6) is 0.245. The summed E-state index contributed by atoms with van der Waals surface area (Å²) < 4.78 is 6.21. The van der Waals surface area contributed by atoms with Gasteiger partial charge in [0.2, 0.25) is 0 Å². The van der Waals surface area contributed by atoms with Crippen LogP contribution in [0.25, 0.3) is 0 Å². The van der Waals surface area contributed by atoms with Crippen LogP contribution in [0.2, 0.25) is 15.1 Å². The highest BCUT2D eigenvalue weighted by atomic mass is 35.5. The number of carbonyl (C=O) groups excluding carboxylic acids is 2. The van der Waals surface area contributed by atoms with Crippen LogP contribution in [-0.2, 0) is 16.2 Å². The molecule has 0 saturated carbocycles. The summed E-state index contributed by atoms with van der Waals surface area (Å²) in [6, 6.07) is 10.6. The lowest BCUT2D eigenvalue weighted by Crippen LogP contribution is -2.36. The lowest BCUT2D eigenvalue weighted by atomic mass is 9.71. The molecule has 0 bridgehead atoms. The quantitative estimate of drug-likeness (QED) is 0.493. The Morgan fingerprint density at radius 2 is 1.42 bits per heavy atom. The van der Waals surface area contributed by atoms with Gasteiger partial charge in [0.15, 0.2) is 11.6 Å². The van der Waals surface area contributed by atoms with Crippen LogP contribution in [0.4, 0.5) is 0 Å². The Morgan fingerprint density at radius 3 is 2.06 bits per heavy atom. The van der Waals surface area contributed by atoms with Crippen LogP contribution in [0.1, 0.15) is 55.6 Å². The molecule has 1 N–H and O–H groups in total. The van der Waals surface area contributed by atoms with Crippen molar-refractivity contribution in [2.75, 3.05) is 0 Å². The van der Waals surface area contributed by atoms with Crippen LogP contribution in [0.5, 0.6) is 5.75 Å². The molecule has 2 aromatic rings. The van der Waals surface area contributed by atoms with Crippen molar-refractivity contribution in [1.29, 1.82) is 0 Å². The molecular weight excluding hydrogens is 481 g/mol. The largest absolute Gasteiger partial charge is 0.489 e. The summed E-state index contributed by atoms with van der Waals surface area (Å²) in [6.07, 6.45) is 4.15. The number of hydrogen-bond acceptors (Lipinski definition) is 4. The lowest BCUT2D eigenvalue weighted by molar-refractivity contribution is -0.116. The van der Waals surface area contributed by atoms with Crippen LogP contribution in [0.15, 0.2) is 58.9 Å². The van der Waals surface area contributed by atoms with Crippen molar-refractivity contribution >= 4 is 46.4 Å². The highest BCUT2D eigenvalue weighted by molar-refractivity contribution is 6.35. The van der Waals surface area contributed by atoms with Gasteiger partial charge in [-0.25, -0.2) is 0 Å². The van der Waals surface area contributed by atoms with Crippen LogP contribution < -0.4 is 10.1 Å². The molecule has 2 aromatic carbocycles. The number of carbonyl (C=O) groups is 2. The van der Waals surface area contributed by atoms with E-state index in [2.05, 4.69) is 5.32 Å². The average Bonchev–Trinajstić information content (AvgIpc) is 2.78. The second-order valence-corrected chi connectivity index (χ2v) is 9.88. The molecule has 0 radical (unpaired) electrons. The first kappa shape index (κ1) is 22.5. The Kier molecular flexibility index (Phi) is 6.26. The SMILES string of the molecule is O=C1CCCC2=C1C(c1cc(Cl)ccc1OCc1ccc(Cl)cc1Cl)C1=C(CCCC1=O)N2. The van der Waals surface area contributed by atoms with Gasteiger partial charge in [0.25, 0.3) is 0 Å². The molecule has 0 spiro atoms. The number of Topliss-reactive ketones (excluding diaryl/α,β-unsaturated/α-hetero) is 2. The lowest BCUT2D eigenvalue weighted by Gasteiger charge is -2.37. The van der Waals surface area contributed by atoms with Gasteiger partial charge in [-0.05, 0) is 56.0 Å². The molecule has 3 aliphatic rings. The fraction of sp³-hybridized carbons (Fsp3) is 0.308. The van der Waals surface area contributed by atoms with Crippen molar-refractivity contribution in [1.82, 2.24) is 5.32 Å². The third kappa shape index (κ3) is 4.32. The summed E-state index contributed by atoms with van der Waals surface area (Å²) in [6.45, 7) is 0.218. The van der Waals surface area contributed by atoms with E-state index in [-0.39, 0.29) is 18.2 Å². The summed E-state index contributed by atoms with van der Waals surface area (Å²) in [5.41, 5.74) is 4.72. The zero-order valence-electron chi connectivity index (χ0n) is 17.8. The van der Waals surface area contributed by atoms with Gasteiger partial charge in [-0.3, -0.25) is 9.59 Å². The van der Waals surface area contributed by atoms with Crippen molar-refractivity contribution in [3.05, 3.63) is 85.1 Å². The van der Waals surface area contributed by atoms with Crippen LogP contribution in [0.3, 0.4) is 0 Å². The van der Waals surface area contributed by atoms with E-state index in [1.165, 1.54) is 0 Å². The van der Waals surface area contributed by atoms with E-state index >= 15 is 0 Å². The van der Waals surface area contributed by atoms with E-state index in [1.807, 2.05) is 12.1 Å². The van der Waals surface area contributed by atoms with Gasteiger partial charge < -0.3 is 10.1 Å². The smallest absolute Gasteiger partial charge is 0.161 e. The molecule has 33 heavy (non-hydrogen) atoms. The van der Waals surface area contributed by atoms with E-state index in [4.69, 9.17) is 39.5 Å². The molecule has 0 atom stereocenters. The van der Waals surface area contributed by atoms with Gasteiger partial charge in [0.05, 0.1) is 0 Å². The topological polar surface area (TPSA) is 55.4 Å². The van der Waals surface area contributed by atoms with Crippen molar-refractivity contribution in [3.8, 4) is 5.75 Å². The Morgan fingerprint density at radius 1 is 0.818 bits per heavy atom. The van der Waals surface area contributed by atoms with Crippen LogP contribution in [0, 0.1) is 0 Å². The molecule has 0 amide bonds. The number of ketones is 2. The monoisotopic (exact) mass is 501 g/mol. The minimum absolute atomic E-state index is 0.0744. The number of ether oxygens (including phenoxy) is 1. The van der Waals surface area contributed by atoms with E-state index in [1.54, 1.807) is 24.3 Å². The summed E-state index contributed by atoms with van der Waals surface area (Å²) in [4.78, 5) is 26.2. The summed E-state index contributed by atoms with van der Waals surface area (Å²) in [5, 5.41) is 5.03. The molecule has 2 aliphatic carbocycles. The number of hydrogen-bond donors (Lipinski definition) is 1. The molecule has 0 saturated heterocycles. The minimum atomic E-state index is -0.480. The van der Waals surface area contributed by atoms with Crippen LogP contribution in [-0.4, -0.2) is 11.6 Å². The molecule has 0 aromatic heterocycles. The molecular formula is C26H22Cl3NO3. The van der Waals surface area contributed by atoms with Gasteiger partial charge in [-0.2, -0.15) is 0 Å². The maximum Gasteiger partial charge on any atom is 0.161 e. The Bertz CT molecular complexity index is 1190. The van der Waals surface area contributed by atoms with Crippen molar-refractivity contribution < 1.29 is 14.3 Å². The Labute approximate surface area is 207 Å². The Hall–Kier alpha value is -2.27. The van der Waals surface area contributed by atoms with Gasteiger partial charge in [-0.1, -0.05) is 40.9 Å². The van der Waals surface area contributed by atoms with Crippen molar-refractivity contribution in [2.24, 2.45) is 0 Å². The molecule has 0 unspecified atom stereocenters. The highest BCUT2D eigenvalue weighted by Gasteiger charge is 2.41. The fourth-order valence-corrected chi connectivity index (χ4v) is 5.61.